The second-order valence-corrected chi connectivity index (χ2v) is 20.5. The van der Waals surface area contributed by atoms with Crippen molar-refractivity contribution in [3.8, 4) is 0 Å². The minimum atomic E-state index is 0. The summed E-state index contributed by atoms with van der Waals surface area (Å²) < 4.78 is 0. The molecule has 3 saturated carbocycles. The minimum Gasteiger partial charge on any atom is -0.0851 e. The Labute approximate surface area is 470 Å². The summed E-state index contributed by atoms with van der Waals surface area (Å²) in [7, 11) is 0. The monoisotopic (exact) mass is 1030 g/mol. The molecule has 0 spiro atoms. The average Bonchev–Trinajstić information content (AvgIpc) is 3.98. The topological polar surface area (TPSA) is 0 Å². The first-order chi connectivity index (χ1) is 31.8. The molecule has 6 rings (SSSR count). The van der Waals surface area contributed by atoms with Crippen molar-refractivity contribution in [2.75, 3.05) is 0 Å². The maximum absolute atomic E-state index is 2.46. The normalized spacial score (nSPS) is 16.7. The van der Waals surface area contributed by atoms with Gasteiger partial charge in [-0.05, 0) is 124 Å². The Balaban J connectivity index is -0.0000000566. The molecule has 450 valence electrons. The quantitative estimate of drug-likeness (QED) is 0.184. The number of rotatable bonds is 6. The molecule has 6 aliphatic rings. The number of hydrogen-bond acceptors (Lipinski definition) is 0. The van der Waals surface area contributed by atoms with Crippen molar-refractivity contribution in [3.63, 3.8) is 0 Å². The van der Waals surface area contributed by atoms with E-state index >= 15 is 0 Å². The Morgan fingerprint density at radius 3 is 0.639 bits per heavy atom. The van der Waals surface area contributed by atoms with Crippen LogP contribution in [0.3, 0.4) is 0 Å². The number of hydrogen-bond donors (Lipinski definition) is 0. The van der Waals surface area contributed by atoms with Crippen LogP contribution in [0.2, 0.25) is 0 Å². The van der Waals surface area contributed by atoms with Gasteiger partial charge in [-0.25, -0.2) is 0 Å². The van der Waals surface area contributed by atoms with Crippen molar-refractivity contribution in [3.05, 3.63) is 34.9 Å². The number of allylic oxidation sites excluding steroid dienone is 6. The second kappa shape index (κ2) is 79.1. The fraction of sp³-hybridized carbons (Fsp3) is 0.917. The van der Waals surface area contributed by atoms with Crippen LogP contribution in [-0.4, -0.2) is 0 Å². The molecule has 0 atom stereocenters. The van der Waals surface area contributed by atoms with Crippen molar-refractivity contribution in [2.24, 2.45) is 53.3 Å². The van der Waals surface area contributed by atoms with Crippen molar-refractivity contribution in [1.29, 1.82) is 0 Å². The Bertz CT molecular complexity index is 931. The van der Waals surface area contributed by atoms with Crippen molar-refractivity contribution < 1.29 is 0 Å². The van der Waals surface area contributed by atoms with E-state index in [0.717, 1.165) is 53.3 Å². The molecule has 0 radical (unpaired) electrons. The lowest BCUT2D eigenvalue weighted by Gasteiger charge is -2.24. The molecule has 0 aromatic heterocycles. The first-order valence-corrected chi connectivity index (χ1v) is 30.9. The van der Waals surface area contributed by atoms with Crippen molar-refractivity contribution >= 4 is 0 Å². The third-order valence-corrected chi connectivity index (χ3v) is 14.0. The molecular weight excluding hydrogens is 865 g/mol. The van der Waals surface area contributed by atoms with Gasteiger partial charge in [0.2, 0.25) is 0 Å². The third kappa shape index (κ3) is 63.5. The maximum atomic E-state index is 2.46. The first-order valence-electron chi connectivity index (χ1n) is 30.9. The highest BCUT2D eigenvalue weighted by molar-refractivity contribution is 5.09. The summed E-state index contributed by atoms with van der Waals surface area (Å²) >= 11 is 0. The molecule has 0 amide bonds. The van der Waals surface area contributed by atoms with Gasteiger partial charge in [0.05, 0.1) is 0 Å². The maximum Gasteiger partial charge on any atom is -0.0260 e. The second-order valence-electron chi connectivity index (χ2n) is 20.5. The van der Waals surface area contributed by atoms with E-state index < -0.39 is 0 Å². The predicted octanol–water partition coefficient (Wildman–Crippen LogP) is 29.1. The zero-order valence-corrected chi connectivity index (χ0v) is 51.5. The van der Waals surface area contributed by atoms with Crippen LogP contribution >= 0.6 is 0 Å². The van der Waals surface area contributed by atoms with Crippen LogP contribution < -0.4 is 0 Å². The Kier molecular flexibility index (Phi) is 110. The molecule has 0 N–H and O–H groups in total. The zero-order valence-electron chi connectivity index (χ0n) is 51.5. The smallest absolute Gasteiger partial charge is 0.0260 e. The fourth-order valence-electron chi connectivity index (χ4n) is 9.57. The summed E-state index contributed by atoms with van der Waals surface area (Å²) in [5.74, 6) is 8.36. The zero-order chi connectivity index (χ0) is 52.1. The standard InChI is InChI=1S/C10H20.C10H18.C9H18.C9H16.C8H16.C8H14.6C2H6.6CH4/c2*1-9(2)10-7-5-3-4-6-8-10;2*1-8(2)9-6-4-3-5-7-9;2*1-7(2)8-5-3-4-6-8;6*1-2;;;;;;/h9-10H,3-8H2,1-2H3;7,9H,3-6,8H2,1-2H3;8-9H,3-7H2,1-2H3;6,8H,3-5,7H2,1-2H3;7-8H,3-6H2,1-2H3;5,7H,3-4,6H2,1-2H3;6*1-2H3;6*1H4. The van der Waals surface area contributed by atoms with E-state index in [4.69, 9.17) is 0 Å². The van der Waals surface area contributed by atoms with Gasteiger partial charge in [0.1, 0.15) is 0 Å². The summed E-state index contributed by atoms with van der Waals surface area (Å²) in [6.07, 6.45) is 46.2. The highest BCUT2D eigenvalue weighted by atomic mass is 14.2. The molecule has 0 aromatic rings. The molecule has 0 unspecified atom stereocenters. The largest absolute Gasteiger partial charge is 0.0851 e. The highest BCUT2D eigenvalue weighted by Gasteiger charge is 2.18. The molecule has 0 bridgehead atoms. The summed E-state index contributed by atoms with van der Waals surface area (Å²) in [4.78, 5) is 0. The van der Waals surface area contributed by atoms with Crippen LogP contribution in [0.25, 0.3) is 0 Å². The molecule has 0 aliphatic heterocycles. The Hall–Kier alpha value is -0.780. The average molecular weight is 1030 g/mol. The van der Waals surface area contributed by atoms with Crippen LogP contribution in [0.5, 0.6) is 0 Å². The molecule has 0 heterocycles. The van der Waals surface area contributed by atoms with Gasteiger partial charge in [-0.3, -0.25) is 0 Å². The van der Waals surface area contributed by atoms with E-state index in [-0.39, 0.29) is 44.6 Å². The molecule has 72 heavy (non-hydrogen) atoms. The minimum absolute atomic E-state index is 0. The van der Waals surface area contributed by atoms with Gasteiger partial charge in [0.25, 0.3) is 0 Å². The van der Waals surface area contributed by atoms with E-state index in [2.05, 4.69) is 101 Å². The summed E-state index contributed by atoms with van der Waals surface area (Å²) in [6, 6.07) is 0. The highest BCUT2D eigenvalue weighted by Crippen LogP contribution is 2.31. The summed E-state index contributed by atoms with van der Waals surface area (Å²) in [6.45, 7) is 51.9. The lowest BCUT2D eigenvalue weighted by molar-refractivity contribution is 0.279. The van der Waals surface area contributed by atoms with Crippen LogP contribution in [-0.2, 0) is 0 Å². The van der Waals surface area contributed by atoms with Gasteiger partial charge in [-0.2, -0.15) is 0 Å². The fourth-order valence-corrected chi connectivity index (χ4v) is 9.57. The summed E-state index contributed by atoms with van der Waals surface area (Å²) in [5, 5.41) is 0. The van der Waals surface area contributed by atoms with Crippen molar-refractivity contribution in [1.82, 2.24) is 0 Å². The lowest BCUT2D eigenvalue weighted by Crippen LogP contribution is -2.12. The summed E-state index contributed by atoms with van der Waals surface area (Å²) in [5.41, 5.74) is 5.05. The van der Waals surface area contributed by atoms with Gasteiger partial charge in [-0.15, -0.1) is 0 Å². The van der Waals surface area contributed by atoms with Crippen molar-refractivity contribution in [2.45, 2.75) is 384 Å². The SMILES string of the molecule is C.C.C.C.C.C.CC.CC.CC.CC.CC.CC.CC(C)C1=CCCC1.CC(C)C1=CCCCC1.CC(C)C1=CCCCCC1.CC(C)C1CCCC1.CC(C)C1CCCCC1.CC(C)C1CCCCCC1. The first kappa shape index (κ1) is 100. The van der Waals surface area contributed by atoms with Gasteiger partial charge < -0.3 is 0 Å². The molecule has 0 aromatic carbocycles. The van der Waals surface area contributed by atoms with E-state index in [0.29, 0.717) is 0 Å². The van der Waals surface area contributed by atoms with Crippen LogP contribution in [0.15, 0.2) is 34.9 Å². The van der Waals surface area contributed by atoms with Crippen LogP contribution in [0, 0.1) is 53.3 Å². The van der Waals surface area contributed by atoms with E-state index in [1.807, 2.05) is 83.1 Å². The lowest BCUT2D eigenvalue weighted by atomic mass is 9.82. The predicted molar refractivity (Wildman–Crippen MR) is 357 cm³/mol. The van der Waals surface area contributed by atoms with Gasteiger partial charge >= 0.3 is 0 Å². The van der Waals surface area contributed by atoms with E-state index in [1.54, 1.807) is 16.7 Å². The molecule has 0 saturated heterocycles. The molecular formula is C72H162. The molecule has 0 nitrogen and oxygen atoms in total. The van der Waals surface area contributed by atoms with Crippen LogP contribution in [0.1, 0.15) is 384 Å². The van der Waals surface area contributed by atoms with E-state index in [1.165, 1.54) is 173 Å². The van der Waals surface area contributed by atoms with Gasteiger partial charge in [0, 0.05) is 0 Å². The third-order valence-electron chi connectivity index (χ3n) is 14.0. The van der Waals surface area contributed by atoms with Crippen LogP contribution in [0.4, 0.5) is 0 Å². The molecule has 3 fully saturated rings. The molecule has 0 heteroatoms. The Morgan fingerprint density at radius 1 is 0.250 bits per heavy atom. The van der Waals surface area contributed by atoms with Gasteiger partial charge in [-0.1, -0.05) is 348 Å². The Morgan fingerprint density at radius 2 is 0.431 bits per heavy atom. The molecule has 6 aliphatic carbocycles. The van der Waals surface area contributed by atoms with Gasteiger partial charge in [0.15, 0.2) is 0 Å². The van der Waals surface area contributed by atoms with E-state index in [9.17, 15) is 0 Å².